The molecule has 0 aromatic rings. The van der Waals surface area contributed by atoms with Gasteiger partial charge in [0, 0.05) is 0 Å². The molecule has 42 valence electrons. The summed E-state index contributed by atoms with van der Waals surface area (Å²) in [6.45, 7) is 0.825. The van der Waals surface area contributed by atoms with E-state index in [9.17, 15) is 0 Å². The maximum absolute atomic E-state index is 5.14. The van der Waals surface area contributed by atoms with Gasteiger partial charge in [-0.3, -0.25) is 0 Å². The van der Waals surface area contributed by atoms with Crippen LogP contribution in [0.1, 0.15) is 0 Å². The SMILES string of the molecule is S[P+]1(S)OCCS1. The molecule has 0 amide bonds. The average Bonchev–Trinajstić information content (AvgIpc) is 1.84. The fraction of sp³-hybridized carbons (Fsp3) is 1.00. The van der Waals surface area contributed by atoms with Gasteiger partial charge in [-0.2, -0.15) is 0 Å². The van der Waals surface area contributed by atoms with Gasteiger partial charge in [-0.05, 0) is 0 Å². The van der Waals surface area contributed by atoms with Crippen LogP contribution in [-0.4, -0.2) is 12.4 Å². The van der Waals surface area contributed by atoms with Gasteiger partial charge in [-0.25, -0.2) is 4.52 Å². The summed E-state index contributed by atoms with van der Waals surface area (Å²) >= 11 is 10.0. The van der Waals surface area contributed by atoms with Gasteiger partial charge in [0.2, 0.25) is 0 Å². The Morgan fingerprint density at radius 2 is 2.29 bits per heavy atom. The predicted octanol–water partition coefficient (Wildman–Crippen LogP) is 2.29. The number of hydrogen-bond donors (Lipinski definition) is 2. The summed E-state index contributed by atoms with van der Waals surface area (Å²) in [4.78, 5) is 0. The molecule has 1 aliphatic rings. The quantitative estimate of drug-likeness (QED) is 0.429. The van der Waals surface area contributed by atoms with E-state index in [0.717, 1.165) is 12.4 Å². The molecule has 1 heterocycles. The first-order valence-electron chi connectivity index (χ1n) is 1.84. The van der Waals surface area contributed by atoms with Crippen LogP contribution in [0.3, 0.4) is 0 Å². The lowest BCUT2D eigenvalue weighted by Crippen LogP contribution is -1.76. The Morgan fingerprint density at radius 3 is 2.43 bits per heavy atom. The molecular formula is C2H6OPS3+. The van der Waals surface area contributed by atoms with Gasteiger partial charge in [-0.15, -0.1) is 0 Å². The lowest BCUT2D eigenvalue weighted by atomic mass is 10.9. The Morgan fingerprint density at radius 1 is 1.57 bits per heavy atom. The molecule has 0 bridgehead atoms. The van der Waals surface area contributed by atoms with Gasteiger partial charge in [0.15, 0.2) is 0 Å². The second kappa shape index (κ2) is 2.36. The normalized spacial score (nSPS) is 28.3. The standard InChI is InChI=1S/C2H6OPS3/c5-4(6)3-1-2-7-4/h5-6H,1-2H2/q+1. The minimum atomic E-state index is -1.49. The van der Waals surface area contributed by atoms with Crippen molar-refractivity contribution in [2.45, 2.75) is 0 Å². The fourth-order valence-corrected chi connectivity index (χ4v) is 4.62. The summed E-state index contributed by atoms with van der Waals surface area (Å²) < 4.78 is 5.14. The van der Waals surface area contributed by atoms with Gasteiger partial charge in [0.1, 0.15) is 6.61 Å². The van der Waals surface area contributed by atoms with Crippen molar-refractivity contribution in [3.63, 3.8) is 0 Å². The van der Waals surface area contributed by atoms with Gasteiger partial charge in [0.25, 0.3) is 0 Å². The Bertz CT molecular complexity index is 67.3. The molecule has 1 nitrogen and oxygen atoms in total. The van der Waals surface area contributed by atoms with E-state index in [2.05, 4.69) is 24.5 Å². The highest BCUT2D eigenvalue weighted by atomic mass is 33.4. The van der Waals surface area contributed by atoms with Crippen LogP contribution < -0.4 is 0 Å². The zero-order valence-electron chi connectivity index (χ0n) is 3.57. The molecule has 0 atom stereocenters. The van der Waals surface area contributed by atoms with Gasteiger partial charge >= 0.3 is 5.10 Å². The van der Waals surface area contributed by atoms with Gasteiger partial charge in [0.05, 0.1) is 41.6 Å². The van der Waals surface area contributed by atoms with Crippen LogP contribution >= 0.6 is 41.0 Å². The molecule has 7 heavy (non-hydrogen) atoms. The summed E-state index contributed by atoms with van der Waals surface area (Å²) in [5, 5.41) is -1.49. The third-order valence-electron chi connectivity index (χ3n) is 0.602. The first-order valence-corrected chi connectivity index (χ1v) is 7.45. The second-order valence-electron chi connectivity index (χ2n) is 1.16. The summed E-state index contributed by atoms with van der Waals surface area (Å²) in [6.07, 6.45) is 0. The molecule has 0 saturated carbocycles. The smallest absolute Gasteiger partial charge is 0.201 e. The Balaban J connectivity index is 2.40. The molecule has 0 unspecified atom stereocenters. The lowest BCUT2D eigenvalue weighted by molar-refractivity contribution is 0.405. The van der Waals surface area contributed by atoms with Crippen LogP contribution in [0.15, 0.2) is 0 Å². The molecular weight excluding hydrogens is 167 g/mol. The molecule has 0 aliphatic carbocycles. The molecule has 0 aromatic heterocycles. The van der Waals surface area contributed by atoms with E-state index in [1.807, 2.05) is 0 Å². The maximum atomic E-state index is 5.14. The number of thiol groups is 2. The lowest BCUT2D eigenvalue weighted by Gasteiger charge is -1.96. The molecule has 0 spiro atoms. The van der Waals surface area contributed by atoms with E-state index in [1.54, 1.807) is 11.4 Å². The van der Waals surface area contributed by atoms with Crippen LogP contribution in [0, 0.1) is 0 Å². The van der Waals surface area contributed by atoms with E-state index in [0.29, 0.717) is 0 Å². The number of hydrogen-bond acceptors (Lipinski definition) is 4. The largest absolute Gasteiger partial charge is 0.315 e. The molecule has 5 heteroatoms. The average molecular weight is 173 g/mol. The fourth-order valence-electron chi connectivity index (χ4n) is 0.350. The van der Waals surface area contributed by atoms with Crippen molar-refractivity contribution in [3.05, 3.63) is 0 Å². The minimum absolute atomic E-state index is 0.825. The Labute approximate surface area is 58.1 Å². The zero-order chi connectivity index (χ0) is 5.33. The van der Waals surface area contributed by atoms with E-state index in [-0.39, 0.29) is 0 Å². The summed E-state index contributed by atoms with van der Waals surface area (Å²) in [5.41, 5.74) is 0. The van der Waals surface area contributed by atoms with Crippen molar-refractivity contribution >= 4 is 41.0 Å². The molecule has 0 aromatic carbocycles. The first-order chi connectivity index (χ1) is 3.21. The molecule has 0 radical (unpaired) electrons. The third kappa shape index (κ3) is 2.02. The number of rotatable bonds is 0. The highest BCUT2D eigenvalue weighted by Crippen LogP contribution is 2.81. The van der Waals surface area contributed by atoms with Crippen molar-refractivity contribution in [2.24, 2.45) is 0 Å². The maximum Gasteiger partial charge on any atom is 0.315 e. The molecule has 1 rings (SSSR count). The van der Waals surface area contributed by atoms with E-state index < -0.39 is 5.10 Å². The summed E-state index contributed by atoms with van der Waals surface area (Å²) in [5.74, 6) is 1.06. The van der Waals surface area contributed by atoms with Crippen molar-refractivity contribution in [1.82, 2.24) is 0 Å². The first kappa shape index (κ1) is 6.56. The van der Waals surface area contributed by atoms with Crippen molar-refractivity contribution in [3.8, 4) is 0 Å². The summed E-state index contributed by atoms with van der Waals surface area (Å²) in [7, 11) is 0. The van der Waals surface area contributed by atoms with Crippen LogP contribution in [0.5, 0.6) is 0 Å². The van der Waals surface area contributed by atoms with Crippen molar-refractivity contribution in [2.75, 3.05) is 12.4 Å². The van der Waals surface area contributed by atoms with Crippen LogP contribution in [0.2, 0.25) is 0 Å². The minimum Gasteiger partial charge on any atom is -0.201 e. The molecule has 0 N–H and O–H groups in total. The van der Waals surface area contributed by atoms with Gasteiger partial charge in [-0.1, -0.05) is 0 Å². The Kier molecular flexibility index (Phi) is 2.21. The highest BCUT2D eigenvalue weighted by Gasteiger charge is 2.38. The van der Waals surface area contributed by atoms with E-state index >= 15 is 0 Å². The van der Waals surface area contributed by atoms with Gasteiger partial charge < -0.3 is 0 Å². The highest BCUT2D eigenvalue weighted by molar-refractivity contribution is 9.11. The van der Waals surface area contributed by atoms with Crippen molar-refractivity contribution in [1.29, 1.82) is 0 Å². The van der Waals surface area contributed by atoms with Crippen molar-refractivity contribution < 1.29 is 4.52 Å². The Hall–Kier alpha value is 1.44. The molecule has 1 saturated heterocycles. The topological polar surface area (TPSA) is 9.23 Å². The zero-order valence-corrected chi connectivity index (χ0v) is 7.07. The molecule has 1 fully saturated rings. The van der Waals surface area contributed by atoms with E-state index in [4.69, 9.17) is 4.52 Å². The second-order valence-corrected chi connectivity index (χ2v) is 11.3. The van der Waals surface area contributed by atoms with Crippen LogP contribution in [-0.2, 0) is 4.52 Å². The van der Waals surface area contributed by atoms with Crippen LogP contribution in [0.25, 0.3) is 0 Å². The molecule has 1 aliphatic heterocycles. The van der Waals surface area contributed by atoms with E-state index in [1.165, 1.54) is 0 Å². The van der Waals surface area contributed by atoms with Crippen LogP contribution in [0.4, 0.5) is 0 Å². The third-order valence-corrected chi connectivity index (χ3v) is 6.45. The summed E-state index contributed by atoms with van der Waals surface area (Å²) in [6, 6.07) is 0. The monoisotopic (exact) mass is 173 g/mol. The predicted molar refractivity (Wildman–Crippen MR) is 43.3 cm³/mol.